The molecule has 2 N–H and O–H groups in total. The fourth-order valence-corrected chi connectivity index (χ4v) is 3.39. The number of benzene rings is 1. The van der Waals surface area contributed by atoms with Crippen LogP contribution in [0.1, 0.15) is 17.0 Å². The summed E-state index contributed by atoms with van der Waals surface area (Å²) in [4.78, 5) is 3.24. The number of aromatic nitrogens is 1. The lowest BCUT2D eigenvalue weighted by Gasteiger charge is -2.09. The van der Waals surface area contributed by atoms with Crippen molar-refractivity contribution in [3.8, 4) is 5.75 Å². The van der Waals surface area contributed by atoms with E-state index in [1.54, 1.807) is 0 Å². The van der Waals surface area contributed by atoms with Gasteiger partial charge in [0.25, 0.3) is 0 Å². The SMILES string of the molecule is COc1ccc(S(=O)(=O)NCc2cc(C)[nH]c2C)cc1Cl. The minimum Gasteiger partial charge on any atom is -0.495 e. The molecule has 0 amide bonds. The Balaban J connectivity index is 2.18. The summed E-state index contributed by atoms with van der Waals surface area (Å²) < 4.78 is 32.1. The lowest BCUT2D eigenvalue weighted by molar-refractivity contribution is 0.414. The van der Waals surface area contributed by atoms with Gasteiger partial charge in [0.15, 0.2) is 0 Å². The third-order valence-electron chi connectivity index (χ3n) is 3.14. The highest BCUT2D eigenvalue weighted by Crippen LogP contribution is 2.26. The second kappa shape index (κ2) is 6.09. The predicted octanol–water partition coefficient (Wildman–Crippen LogP) is 2.77. The summed E-state index contributed by atoms with van der Waals surface area (Å²) in [5, 5.41) is 0.258. The maximum Gasteiger partial charge on any atom is 0.240 e. The number of aromatic amines is 1. The van der Waals surface area contributed by atoms with Crippen LogP contribution >= 0.6 is 11.6 Å². The molecule has 0 unspecified atom stereocenters. The summed E-state index contributed by atoms with van der Waals surface area (Å²) in [6.07, 6.45) is 0. The van der Waals surface area contributed by atoms with Gasteiger partial charge in [0, 0.05) is 17.9 Å². The van der Waals surface area contributed by atoms with E-state index >= 15 is 0 Å². The first-order valence-electron chi connectivity index (χ1n) is 6.32. The van der Waals surface area contributed by atoms with Gasteiger partial charge in [-0.25, -0.2) is 13.1 Å². The Morgan fingerprint density at radius 1 is 1.29 bits per heavy atom. The van der Waals surface area contributed by atoms with Crippen LogP contribution in [-0.2, 0) is 16.6 Å². The summed E-state index contributed by atoms with van der Waals surface area (Å²) >= 11 is 5.96. The average Bonchev–Trinajstić information content (AvgIpc) is 2.74. The third-order valence-corrected chi connectivity index (χ3v) is 4.84. The third kappa shape index (κ3) is 3.58. The van der Waals surface area contributed by atoms with Crippen molar-refractivity contribution in [2.45, 2.75) is 25.3 Å². The van der Waals surface area contributed by atoms with E-state index in [1.807, 2.05) is 19.9 Å². The maximum absolute atomic E-state index is 12.3. The molecule has 0 saturated heterocycles. The highest BCUT2D eigenvalue weighted by molar-refractivity contribution is 7.89. The molecule has 0 fully saturated rings. The first-order valence-corrected chi connectivity index (χ1v) is 8.18. The smallest absolute Gasteiger partial charge is 0.240 e. The topological polar surface area (TPSA) is 71.2 Å². The zero-order valence-electron chi connectivity index (χ0n) is 12.0. The number of aryl methyl sites for hydroxylation is 2. The van der Waals surface area contributed by atoms with Gasteiger partial charge in [-0.2, -0.15) is 0 Å². The number of hydrogen-bond acceptors (Lipinski definition) is 3. The van der Waals surface area contributed by atoms with E-state index in [9.17, 15) is 8.42 Å². The van der Waals surface area contributed by atoms with Crippen LogP contribution < -0.4 is 9.46 Å². The summed E-state index contributed by atoms with van der Waals surface area (Å²) in [5.41, 5.74) is 2.85. The molecule has 1 heterocycles. The minimum absolute atomic E-state index is 0.109. The number of halogens is 1. The van der Waals surface area contributed by atoms with Gasteiger partial charge in [0.05, 0.1) is 17.0 Å². The molecule has 0 radical (unpaired) electrons. The van der Waals surface area contributed by atoms with Crippen molar-refractivity contribution in [1.82, 2.24) is 9.71 Å². The fraction of sp³-hybridized carbons (Fsp3) is 0.286. The van der Waals surface area contributed by atoms with Crippen LogP contribution in [-0.4, -0.2) is 20.5 Å². The Morgan fingerprint density at radius 2 is 2.00 bits per heavy atom. The molecular formula is C14H17ClN2O3S. The molecule has 0 aliphatic rings. The molecule has 21 heavy (non-hydrogen) atoms. The fourth-order valence-electron chi connectivity index (χ4n) is 2.04. The largest absolute Gasteiger partial charge is 0.495 e. The van der Waals surface area contributed by atoms with Gasteiger partial charge < -0.3 is 9.72 Å². The molecule has 0 bridgehead atoms. The maximum atomic E-state index is 12.3. The van der Waals surface area contributed by atoms with Crippen LogP contribution in [0.15, 0.2) is 29.2 Å². The summed E-state index contributed by atoms with van der Waals surface area (Å²) in [6, 6.07) is 6.28. The van der Waals surface area contributed by atoms with Crippen LogP contribution in [0.25, 0.3) is 0 Å². The number of rotatable bonds is 5. The summed E-state index contributed by atoms with van der Waals surface area (Å²) in [7, 11) is -2.14. The highest BCUT2D eigenvalue weighted by Gasteiger charge is 2.16. The summed E-state index contributed by atoms with van der Waals surface area (Å²) in [6.45, 7) is 4.05. The Kier molecular flexibility index (Phi) is 4.61. The van der Waals surface area contributed by atoms with E-state index in [0.29, 0.717) is 5.75 Å². The van der Waals surface area contributed by atoms with E-state index in [2.05, 4.69) is 9.71 Å². The second-order valence-electron chi connectivity index (χ2n) is 4.72. The zero-order chi connectivity index (χ0) is 15.6. The molecular weight excluding hydrogens is 312 g/mol. The van der Waals surface area contributed by atoms with E-state index in [0.717, 1.165) is 17.0 Å². The van der Waals surface area contributed by atoms with Crippen molar-refractivity contribution < 1.29 is 13.2 Å². The van der Waals surface area contributed by atoms with Gasteiger partial charge in [0.2, 0.25) is 10.0 Å². The van der Waals surface area contributed by atoms with Gasteiger partial charge in [0.1, 0.15) is 5.75 Å². The average molecular weight is 329 g/mol. The van der Waals surface area contributed by atoms with Crippen molar-refractivity contribution in [2.75, 3.05) is 7.11 Å². The highest BCUT2D eigenvalue weighted by atomic mass is 35.5. The van der Waals surface area contributed by atoms with Crippen LogP contribution in [0.5, 0.6) is 5.75 Å². The predicted molar refractivity (Wildman–Crippen MR) is 82.3 cm³/mol. The zero-order valence-corrected chi connectivity index (χ0v) is 13.6. The van der Waals surface area contributed by atoms with Crippen LogP contribution in [0.2, 0.25) is 5.02 Å². The number of ether oxygens (including phenoxy) is 1. The van der Waals surface area contributed by atoms with E-state index in [4.69, 9.17) is 16.3 Å². The minimum atomic E-state index is -3.62. The van der Waals surface area contributed by atoms with Crippen molar-refractivity contribution in [3.05, 3.63) is 46.2 Å². The standard InChI is InChI=1S/C14H17ClN2O3S/c1-9-6-11(10(2)17-9)8-16-21(18,19)12-4-5-14(20-3)13(15)7-12/h4-7,16-17H,8H2,1-3H3. The van der Waals surface area contributed by atoms with E-state index in [-0.39, 0.29) is 16.5 Å². The molecule has 5 nitrogen and oxygen atoms in total. The Hall–Kier alpha value is -1.50. The van der Waals surface area contributed by atoms with Crippen molar-refractivity contribution in [1.29, 1.82) is 0 Å². The molecule has 2 rings (SSSR count). The lowest BCUT2D eigenvalue weighted by Crippen LogP contribution is -2.23. The summed E-state index contributed by atoms with van der Waals surface area (Å²) in [5.74, 6) is 0.438. The number of hydrogen-bond donors (Lipinski definition) is 2. The molecule has 1 aromatic heterocycles. The van der Waals surface area contributed by atoms with Gasteiger partial charge >= 0.3 is 0 Å². The first kappa shape index (κ1) is 15.9. The first-order chi connectivity index (χ1) is 9.83. The number of nitrogens with one attached hydrogen (secondary N) is 2. The molecule has 7 heteroatoms. The van der Waals surface area contributed by atoms with Crippen LogP contribution in [0.3, 0.4) is 0 Å². The van der Waals surface area contributed by atoms with Crippen molar-refractivity contribution in [3.63, 3.8) is 0 Å². The Morgan fingerprint density at radius 3 is 2.52 bits per heavy atom. The number of sulfonamides is 1. The monoisotopic (exact) mass is 328 g/mol. The molecule has 0 atom stereocenters. The van der Waals surface area contributed by atoms with Gasteiger partial charge in [-0.3, -0.25) is 0 Å². The number of H-pyrrole nitrogens is 1. The van der Waals surface area contributed by atoms with Crippen LogP contribution in [0, 0.1) is 13.8 Å². The Labute approximate surface area is 129 Å². The van der Waals surface area contributed by atoms with Gasteiger partial charge in [-0.1, -0.05) is 11.6 Å². The molecule has 1 aromatic carbocycles. The molecule has 0 spiro atoms. The second-order valence-corrected chi connectivity index (χ2v) is 6.90. The van der Waals surface area contributed by atoms with Crippen LogP contribution in [0.4, 0.5) is 0 Å². The molecule has 0 aliphatic carbocycles. The lowest BCUT2D eigenvalue weighted by atomic mass is 10.2. The molecule has 0 aliphatic heterocycles. The number of methoxy groups -OCH3 is 1. The van der Waals surface area contributed by atoms with E-state index in [1.165, 1.54) is 25.3 Å². The van der Waals surface area contributed by atoms with Gasteiger partial charge in [-0.15, -0.1) is 0 Å². The van der Waals surface area contributed by atoms with E-state index < -0.39 is 10.0 Å². The van der Waals surface area contributed by atoms with Crippen molar-refractivity contribution >= 4 is 21.6 Å². The molecule has 0 saturated carbocycles. The molecule has 2 aromatic rings. The van der Waals surface area contributed by atoms with Crippen molar-refractivity contribution in [2.24, 2.45) is 0 Å². The Bertz CT molecular complexity index is 754. The van der Waals surface area contributed by atoms with Gasteiger partial charge in [-0.05, 0) is 43.7 Å². The normalized spacial score (nSPS) is 11.6. The quantitative estimate of drug-likeness (QED) is 0.886. The molecule has 114 valence electrons.